The molecule has 106 valence electrons. The van der Waals surface area contributed by atoms with Gasteiger partial charge in [0.2, 0.25) is 5.91 Å². The zero-order chi connectivity index (χ0) is 14.4. The van der Waals surface area contributed by atoms with Gasteiger partial charge in [0.15, 0.2) is 0 Å². The second kappa shape index (κ2) is 6.89. The molecule has 7 nitrogen and oxygen atoms in total. The van der Waals surface area contributed by atoms with Crippen LogP contribution in [-0.2, 0) is 14.3 Å². The zero-order valence-corrected chi connectivity index (χ0v) is 11.3. The molecule has 0 aliphatic carbocycles. The van der Waals surface area contributed by atoms with Gasteiger partial charge in [0, 0.05) is 13.6 Å². The van der Waals surface area contributed by atoms with Crippen LogP contribution in [-0.4, -0.2) is 67.5 Å². The summed E-state index contributed by atoms with van der Waals surface area (Å²) in [5, 5.41) is 2.58. The van der Waals surface area contributed by atoms with Crippen LogP contribution in [0, 0.1) is 0 Å². The van der Waals surface area contributed by atoms with Gasteiger partial charge in [-0.3, -0.25) is 14.5 Å². The number of carbonyl (C=O) groups is 3. The summed E-state index contributed by atoms with van der Waals surface area (Å²) >= 11 is 0. The van der Waals surface area contributed by atoms with Crippen LogP contribution in [0.2, 0.25) is 0 Å². The molecule has 0 atom stereocenters. The maximum Gasteiger partial charge on any atom is 0.327 e. The van der Waals surface area contributed by atoms with Crippen LogP contribution in [0.5, 0.6) is 0 Å². The van der Waals surface area contributed by atoms with E-state index in [1.54, 1.807) is 0 Å². The Balaban J connectivity index is 2.22. The van der Waals surface area contributed by atoms with Gasteiger partial charge >= 0.3 is 6.03 Å². The minimum Gasteiger partial charge on any atom is -0.375 e. The first kappa shape index (κ1) is 15.2. The van der Waals surface area contributed by atoms with E-state index in [0.29, 0.717) is 19.8 Å². The fourth-order valence-corrected chi connectivity index (χ4v) is 1.53. The number of ether oxygens (including phenoxy) is 1. The van der Waals surface area contributed by atoms with Crippen molar-refractivity contribution in [2.24, 2.45) is 0 Å². The third kappa shape index (κ3) is 4.70. The number of rotatable bonds is 7. The summed E-state index contributed by atoms with van der Waals surface area (Å²) in [6, 6.07) is -0.446. The van der Waals surface area contributed by atoms with Gasteiger partial charge in [0.05, 0.1) is 13.2 Å². The highest BCUT2D eigenvalue weighted by Crippen LogP contribution is 2.06. The molecule has 0 spiro atoms. The van der Waals surface area contributed by atoms with Crippen molar-refractivity contribution in [2.45, 2.75) is 6.92 Å². The number of hydrogen-bond donors (Lipinski definition) is 1. The molecule has 1 aliphatic heterocycles. The molecule has 0 aromatic heterocycles. The Morgan fingerprint density at radius 1 is 1.47 bits per heavy atom. The van der Waals surface area contributed by atoms with Crippen LogP contribution in [0.3, 0.4) is 0 Å². The Morgan fingerprint density at radius 3 is 2.68 bits per heavy atom. The van der Waals surface area contributed by atoms with Crippen molar-refractivity contribution in [1.29, 1.82) is 0 Å². The Bertz CT molecular complexity index is 394. The fourth-order valence-electron chi connectivity index (χ4n) is 1.53. The van der Waals surface area contributed by atoms with Gasteiger partial charge in [-0.25, -0.2) is 4.79 Å². The molecule has 7 heteroatoms. The summed E-state index contributed by atoms with van der Waals surface area (Å²) < 4.78 is 5.20. The molecule has 0 saturated carbocycles. The zero-order valence-electron chi connectivity index (χ0n) is 11.3. The largest absolute Gasteiger partial charge is 0.375 e. The van der Waals surface area contributed by atoms with Crippen molar-refractivity contribution >= 4 is 17.8 Å². The predicted molar refractivity (Wildman–Crippen MR) is 68.4 cm³/mol. The molecule has 0 radical (unpaired) electrons. The SMILES string of the molecule is C=C(C)COCCNC(=O)CN1C(=O)CN(C)C1=O. The van der Waals surface area contributed by atoms with Gasteiger partial charge in [-0.2, -0.15) is 0 Å². The third-order valence-corrected chi connectivity index (χ3v) is 2.45. The molecule has 0 aromatic rings. The molecule has 0 bridgehead atoms. The first-order chi connectivity index (χ1) is 8.91. The number of likely N-dealkylation sites (N-methyl/N-ethyl adjacent to an activating group) is 1. The molecule has 1 heterocycles. The number of nitrogens with zero attached hydrogens (tertiary/aromatic N) is 2. The highest BCUT2D eigenvalue weighted by molar-refractivity contribution is 6.04. The molecule has 1 N–H and O–H groups in total. The summed E-state index contributed by atoms with van der Waals surface area (Å²) in [6.45, 7) is 6.44. The smallest absolute Gasteiger partial charge is 0.327 e. The first-order valence-electron chi connectivity index (χ1n) is 5.96. The van der Waals surface area contributed by atoms with Crippen LogP contribution < -0.4 is 5.32 Å². The normalized spacial score (nSPS) is 15.1. The van der Waals surface area contributed by atoms with E-state index in [1.165, 1.54) is 11.9 Å². The van der Waals surface area contributed by atoms with Crippen LogP contribution in [0.4, 0.5) is 4.79 Å². The average molecular weight is 269 g/mol. The Labute approximate surface area is 112 Å². The number of imide groups is 1. The van der Waals surface area contributed by atoms with Crippen LogP contribution in [0.15, 0.2) is 12.2 Å². The van der Waals surface area contributed by atoms with E-state index in [0.717, 1.165) is 10.5 Å². The molecule has 0 unspecified atom stereocenters. The fraction of sp³-hybridized carbons (Fsp3) is 0.583. The van der Waals surface area contributed by atoms with E-state index in [-0.39, 0.29) is 24.9 Å². The van der Waals surface area contributed by atoms with E-state index in [2.05, 4.69) is 11.9 Å². The van der Waals surface area contributed by atoms with Crippen LogP contribution >= 0.6 is 0 Å². The van der Waals surface area contributed by atoms with Gasteiger partial charge < -0.3 is 15.0 Å². The lowest BCUT2D eigenvalue weighted by molar-refractivity contribution is -0.130. The van der Waals surface area contributed by atoms with Gasteiger partial charge in [0.25, 0.3) is 5.91 Å². The number of urea groups is 1. The highest BCUT2D eigenvalue weighted by Gasteiger charge is 2.34. The minimum atomic E-state index is -0.446. The Hall–Kier alpha value is -1.89. The lowest BCUT2D eigenvalue weighted by Gasteiger charge is -2.13. The second-order valence-electron chi connectivity index (χ2n) is 4.48. The van der Waals surface area contributed by atoms with Crippen molar-refractivity contribution in [3.63, 3.8) is 0 Å². The maximum absolute atomic E-state index is 11.5. The highest BCUT2D eigenvalue weighted by atomic mass is 16.5. The third-order valence-electron chi connectivity index (χ3n) is 2.45. The maximum atomic E-state index is 11.5. The lowest BCUT2D eigenvalue weighted by atomic mass is 10.4. The van der Waals surface area contributed by atoms with Gasteiger partial charge in [0.1, 0.15) is 13.1 Å². The molecular formula is C12H19N3O4. The molecule has 4 amide bonds. The van der Waals surface area contributed by atoms with Crippen molar-refractivity contribution in [3.8, 4) is 0 Å². The Kier molecular flexibility index (Phi) is 5.50. The summed E-state index contributed by atoms with van der Waals surface area (Å²) in [7, 11) is 1.52. The summed E-state index contributed by atoms with van der Waals surface area (Å²) in [6.07, 6.45) is 0. The molecule has 1 aliphatic rings. The van der Waals surface area contributed by atoms with Crippen LogP contribution in [0.1, 0.15) is 6.92 Å². The van der Waals surface area contributed by atoms with Crippen LogP contribution in [0.25, 0.3) is 0 Å². The van der Waals surface area contributed by atoms with Gasteiger partial charge in [-0.15, -0.1) is 0 Å². The van der Waals surface area contributed by atoms with Crippen molar-refractivity contribution in [2.75, 3.05) is 39.9 Å². The van der Waals surface area contributed by atoms with Gasteiger partial charge in [-0.1, -0.05) is 12.2 Å². The average Bonchev–Trinajstić information content (AvgIpc) is 2.55. The summed E-state index contributed by atoms with van der Waals surface area (Å²) in [5.74, 6) is -0.739. The molecule has 1 fully saturated rings. The lowest BCUT2D eigenvalue weighted by Crippen LogP contribution is -2.41. The van der Waals surface area contributed by atoms with E-state index in [1.807, 2.05) is 6.92 Å². The van der Waals surface area contributed by atoms with Gasteiger partial charge in [-0.05, 0) is 6.92 Å². The monoisotopic (exact) mass is 269 g/mol. The van der Waals surface area contributed by atoms with E-state index >= 15 is 0 Å². The molecule has 0 aromatic carbocycles. The first-order valence-corrected chi connectivity index (χ1v) is 5.96. The molecular weight excluding hydrogens is 250 g/mol. The predicted octanol–water partition coefficient (Wildman–Crippen LogP) is -0.411. The number of nitrogens with one attached hydrogen (secondary N) is 1. The molecule has 19 heavy (non-hydrogen) atoms. The minimum absolute atomic E-state index is 0.0217. The number of amides is 4. The van der Waals surface area contributed by atoms with Crippen molar-refractivity contribution in [3.05, 3.63) is 12.2 Å². The van der Waals surface area contributed by atoms with Crippen molar-refractivity contribution < 1.29 is 19.1 Å². The van der Waals surface area contributed by atoms with E-state index in [9.17, 15) is 14.4 Å². The summed E-state index contributed by atoms with van der Waals surface area (Å²) in [4.78, 5) is 36.7. The standard InChI is InChI=1S/C12H19N3O4/c1-9(2)8-19-5-4-13-10(16)6-15-11(17)7-14(3)12(15)18/h1,4-8H2,2-3H3,(H,13,16). The Morgan fingerprint density at radius 2 is 2.16 bits per heavy atom. The quantitative estimate of drug-likeness (QED) is 0.387. The van der Waals surface area contributed by atoms with Crippen molar-refractivity contribution in [1.82, 2.24) is 15.1 Å². The van der Waals surface area contributed by atoms with E-state index in [4.69, 9.17) is 4.74 Å². The second-order valence-corrected chi connectivity index (χ2v) is 4.48. The van der Waals surface area contributed by atoms with E-state index < -0.39 is 6.03 Å². The number of hydrogen-bond acceptors (Lipinski definition) is 4. The summed E-state index contributed by atoms with van der Waals surface area (Å²) in [5.41, 5.74) is 0.905. The molecule has 1 rings (SSSR count). The number of carbonyl (C=O) groups excluding carboxylic acids is 3. The topological polar surface area (TPSA) is 79.0 Å². The molecule has 1 saturated heterocycles.